The van der Waals surface area contributed by atoms with Crippen molar-refractivity contribution in [1.82, 2.24) is 0 Å². The van der Waals surface area contributed by atoms with Gasteiger partial charge in [-0.05, 0) is 30.0 Å². The van der Waals surface area contributed by atoms with Crippen LogP contribution < -0.4 is 11.5 Å². The van der Waals surface area contributed by atoms with Crippen molar-refractivity contribution in [2.24, 2.45) is 16.5 Å². The normalized spacial score (nSPS) is 10.4. The van der Waals surface area contributed by atoms with E-state index >= 15 is 0 Å². The molecule has 17 heavy (non-hydrogen) atoms. The molecule has 3 nitrogen and oxygen atoms in total. The Bertz CT molecular complexity index is 372. The first kappa shape index (κ1) is 19.2. The highest BCUT2D eigenvalue weighted by atomic mass is 35.5. The van der Waals surface area contributed by atoms with Gasteiger partial charge < -0.3 is 11.5 Å². The molecule has 0 bridgehead atoms. The van der Waals surface area contributed by atoms with Crippen molar-refractivity contribution in [3.8, 4) is 0 Å². The zero-order chi connectivity index (χ0) is 11.3. The number of rotatable bonds is 4. The summed E-state index contributed by atoms with van der Waals surface area (Å²) < 4.78 is 0. The van der Waals surface area contributed by atoms with Crippen LogP contribution in [0.5, 0.6) is 0 Å². The first-order chi connectivity index (χ1) is 7.17. The lowest BCUT2D eigenvalue weighted by molar-refractivity contribution is 1.07. The lowest BCUT2D eigenvalue weighted by atomic mass is 10.2. The molecule has 0 saturated heterocycles. The highest BCUT2D eigenvalue weighted by molar-refractivity contribution is 7.99. The van der Waals surface area contributed by atoms with Crippen molar-refractivity contribution in [2.45, 2.75) is 6.54 Å². The predicted octanol–water partition coefficient (Wildman–Crippen LogP) is 2.99. The van der Waals surface area contributed by atoms with Gasteiger partial charge in [-0.25, -0.2) is 4.99 Å². The largest absolute Gasteiger partial charge is 0.386 e. The topological polar surface area (TPSA) is 64.4 Å². The molecule has 0 radical (unpaired) electrons. The summed E-state index contributed by atoms with van der Waals surface area (Å²) in [4.78, 5) is 4.26. The Morgan fingerprint density at radius 3 is 2.59 bits per heavy atom. The second-order valence-electron chi connectivity index (χ2n) is 3.02. The van der Waals surface area contributed by atoms with E-state index in [-0.39, 0.29) is 24.8 Å². The summed E-state index contributed by atoms with van der Waals surface area (Å²) in [7, 11) is 0. The molecule has 1 rings (SSSR count). The second kappa shape index (κ2) is 9.85. The summed E-state index contributed by atoms with van der Waals surface area (Å²) in [6.07, 6.45) is 1.98. The molecule has 0 heterocycles. The number of nitrogens with two attached hydrogens (primary N) is 2. The van der Waals surface area contributed by atoms with Crippen LogP contribution in [0.25, 0.3) is 0 Å². The SMILES string of the molecule is CSCC(N)=Nc1ccc(Cl)c(CN)c1.Cl.Cl. The first-order valence-corrected chi connectivity index (χ1v) is 6.25. The fraction of sp³-hybridized carbons (Fsp3) is 0.300. The fourth-order valence-electron chi connectivity index (χ4n) is 1.13. The van der Waals surface area contributed by atoms with Crippen LogP contribution in [0.2, 0.25) is 5.02 Å². The van der Waals surface area contributed by atoms with Crippen LogP contribution in [0.1, 0.15) is 5.56 Å². The van der Waals surface area contributed by atoms with Gasteiger partial charge in [-0.1, -0.05) is 11.6 Å². The average Bonchev–Trinajstić information content (AvgIpc) is 2.21. The number of hydrogen-bond acceptors (Lipinski definition) is 3. The summed E-state index contributed by atoms with van der Waals surface area (Å²) in [5.74, 6) is 1.33. The maximum atomic E-state index is 5.93. The quantitative estimate of drug-likeness (QED) is 0.663. The Morgan fingerprint density at radius 2 is 2.06 bits per heavy atom. The van der Waals surface area contributed by atoms with Gasteiger partial charge in [0.2, 0.25) is 0 Å². The number of hydrogen-bond donors (Lipinski definition) is 2. The maximum absolute atomic E-state index is 5.93. The smallest absolute Gasteiger partial charge is 0.110 e. The monoisotopic (exact) mass is 315 g/mol. The van der Waals surface area contributed by atoms with Gasteiger partial charge in [0, 0.05) is 11.6 Å². The molecular weight excluding hydrogens is 301 g/mol. The number of thioether (sulfide) groups is 1. The molecule has 98 valence electrons. The van der Waals surface area contributed by atoms with Crippen molar-refractivity contribution in [3.05, 3.63) is 28.8 Å². The summed E-state index contributed by atoms with van der Waals surface area (Å²) >= 11 is 7.57. The van der Waals surface area contributed by atoms with Crippen molar-refractivity contribution >= 4 is 59.7 Å². The minimum Gasteiger partial charge on any atom is -0.386 e. The van der Waals surface area contributed by atoms with Gasteiger partial charge in [-0.3, -0.25) is 0 Å². The molecule has 0 amide bonds. The van der Waals surface area contributed by atoms with E-state index in [1.807, 2.05) is 18.4 Å². The Hall–Kier alpha value is -0.130. The molecule has 7 heteroatoms. The van der Waals surface area contributed by atoms with Crippen LogP contribution in [0.3, 0.4) is 0 Å². The lowest BCUT2D eigenvalue weighted by Crippen LogP contribution is -2.13. The minimum absolute atomic E-state index is 0. The first-order valence-electron chi connectivity index (χ1n) is 4.48. The van der Waals surface area contributed by atoms with Gasteiger partial charge in [0.05, 0.1) is 11.4 Å². The number of nitrogens with zero attached hydrogens (tertiary/aromatic N) is 1. The molecule has 0 aliphatic rings. The average molecular weight is 317 g/mol. The summed E-state index contributed by atoms with van der Waals surface area (Å²) in [5.41, 5.74) is 12.9. The van der Waals surface area contributed by atoms with E-state index in [4.69, 9.17) is 23.1 Å². The fourth-order valence-corrected chi connectivity index (χ4v) is 1.69. The van der Waals surface area contributed by atoms with E-state index in [0.29, 0.717) is 17.4 Å². The van der Waals surface area contributed by atoms with Crippen molar-refractivity contribution in [1.29, 1.82) is 0 Å². The van der Waals surface area contributed by atoms with Crippen LogP contribution in [-0.4, -0.2) is 17.8 Å². The van der Waals surface area contributed by atoms with Gasteiger partial charge in [0.1, 0.15) is 5.84 Å². The Labute approximate surface area is 123 Å². The lowest BCUT2D eigenvalue weighted by Gasteiger charge is -2.03. The Balaban J connectivity index is 0. The highest BCUT2D eigenvalue weighted by Gasteiger charge is 2.00. The number of halogens is 3. The molecule has 4 N–H and O–H groups in total. The summed E-state index contributed by atoms with van der Waals surface area (Å²) in [5, 5.41) is 0.667. The van der Waals surface area contributed by atoms with E-state index < -0.39 is 0 Å². The van der Waals surface area contributed by atoms with Gasteiger partial charge in [-0.2, -0.15) is 11.8 Å². The summed E-state index contributed by atoms with van der Waals surface area (Å²) in [6, 6.07) is 5.47. The molecular formula is C10H16Cl3N3S. The number of amidine groups is 1. The third-order valence-electron chi connectivity index (χ3n) is 1.81. The zero-order valence-electron chi connectivity index (χ0n) is 9.35. The number of aliphatic imine (C=N–C) groups is 1. The second-order valence-corrected chi connectivity index (χ2v) is 4.29. The summed E-state index contributed by atoms with van der Waals surface area (Å²) in [6.45, 7) is 0.407. The molecule has 0 aliphatic heterocycles. The Kier molecular flexibility index (Phi) is 11.1. The van der Waals surface area contributed by atoms with Crippen LogP contribution in [0.15, 0.2) is 23.2 Å². The van der Waals surface area contributed by atoms with Gasteiger partial charge in [0.15, 0.2) is 0 Å². The molecule has 0 fully saturated rings. The molecule has 0 spiro atoms. The molecule has 0 unspecified atom stereocenters. The van der Waals surface area contributed by atoms with Crippen LogP contribution in [-0.2, 0) is 6.54 Å². The third-order valence-corrected chi connectivity index (χ3v) is 2.77. The van der Waals surface area contributed by atoms with Crippen molar-refractivity contribution in [2.75, 3.05) is 12.0 Å². The van der Waals surface area contributed by atoms with Crippen molar-refractivity contribution < 1.29 is 0 Å². The highest BCUT2D eigenvalue weighted by Crippen LogP contribution is 2.22. The van der Waals surface area contributed by atoms with Gasteiger partial charge in [-0.15, -0.1) is 24.8 Å². The van der Waals surface area contributed by atoms with Crippen LogP contribution >= 0.6 is 48.2 Å². The molecule has 0 atom stereocenters. The predicted molar refractivity (Wildman–Crippen MR) is 83.5 cm³/mol. The molecule has 0 aromatic heterocycles. The molecule has 1 aromatic rings. The van der Waals surface area contributed by atoms with Crippen LogP contribution in [0.4, 0.5) is 5.69 Å². The van der Waals surface area contributed by atoms with Crippen LogP contribution in [0, 0.1) is 0 Å². The third kappa shape index (κ3) is 6.38. The van der Waals surface area contributed by atoms with Gasteiger partial charge >= 0.3 is 0 Å². The molecule has 0 aliphatic carbocycles. The minimum atomic E-state index is 0. The van der Waals surface area contributed by atoms with Gasteiger partial charge in [0.25, 0.3) is 0 Å². The van der Waals surface area contributed by atoms with E-state index in [1.54, 1.807) is 17.8 Å². The van der Waals surface area contributed by atoms with Crippen molar-refractivity contribution in [3.63, 3.8) is 0 Å². The Morgan fingerprint density at radius 1 is 1.41 bits per heavy atom. The molecule has 0 saturated carbocycles. The van der Waals surface area contributed by atoms with E-state index in [1.165, 1.54) is 0 Å². The standard InChI is InChI=1S/C10H14ClN3S.2ClH/c1-15-6-10(13)14-8-2-3-9(11)7(4-8)5-12;;/h2-4H,5-6,12H2,1H3,(H2,13,14);2*1H. The van der Waals surface area contributed by atoms with E-state index in [9.17, 15) is 0 Å². The maximum Gasteiger partial charge on any atom is 0.110 e. The molecule has 1 aromatic carbocycles. The van der Waals surface area contributed by atoms with E-state index in [2.05, 4.69) is 4.99 Å². The number of benzene rings is 1. The van der Waals surface area contributed by atoms with E-state index in [0.717, 1.165) is 17.0 Å². The zero-order valence-corrected chi connectivity index (χ0v) is 12.6.